The lowest BCUT2D eigenvalue weighted by Gasteiger charge is -2.10. The van der Waals surface area contributed by atoms with Crippen molar-refractivity contribution in [1.82, 2.24) is 14.6 Å². The molecule has 0 aliphatic heterocycles. The monoisotopic (exact) mass is 602 g/mol. The number of carbonyl (C=O) groups excluding carboxylic acids is 2. The Kier molecular flexibility index (Phi) is 6.29. The number of esters is 1. The van der Waals surface area contributed by atoms with E-state index in [0.29, 0.717) is 13.9 Å². The molecular formula is C20H11Br2F3N4O3S. The molecule has 4 aromatic rings. The molecule has 0 spiro atoms. The van der Waals surface area contributed by atoms with Gasteiger partial charge in [-0.1, -0.05) is 12.1 Å². The van der Waals surface area contributed by atoms with E-state index in [2.05, 4.69) is 47.3 Å². The SMILES string of the molecule is COC(=O)c1ccccc1NC(=O)c1nn2c(C(F)(F)F)cc(-c3sccc3Br)nc2c1Br. The summed E-state index contributed by atoms with van der Waals surface area (Å²) in [5.74, 6) is -1.53. The molecule has 0 atom stereocenters. The summed E-state index contributed by atoms with van der Waals surface area (Å²) in [6.45, 7) is 0. The number of alkyl halides is 3. The first-order chi connectivity index (χ1) is 15.6. The number of amides is 1. The second-order valence-corrected chi connectivity index (χ2v) is 9.07. The van der Waals surface area contributed by atoms with Crippen molar-refractivity contribution < 1.29 is 27.5 Å². The van der Waals surface area contributed by atoms with Crippen LogP contribution >= 0.6 is 43.2 Å². The Morgan fingerprint density at radius 2 is 1.91 bits per heavy atom. The van der Waals surface area contributed by atoms with E-state index in [-0.39, 0.29) is 32.8 Å². The van der Waals surface area contributed by atoms with Crippen LogP contribution in [0.1, 0.15) is 26.5 Å². The molecule has 1 aromatic carbocycles. The number of hydrogen-bond donors (Lipinski definition) is 1. The molecule has 170 valence electrons. The molecule has 0 aliphatic carbocycles. The number of anilines is 1. The van der Waals surface area contributed by atoms with Crippen LogP contribution in [0.15, 0.2) is 50.7 Å². The zero-order chi connectivity index (χ0) is 23.9. The first kappa shape index (κ1) is 23.4. The van der Waals surface area contributed by atoms with Crippen LogP contribution in [0.4, 0.5) is 18.9 Å². The normalized spacial score (nSPS) is 11.6. The van der Waals surface area contributed by atoms with Gasteiger partial charge < -0.3 is 10.1 Å². The van der Waals surface area contributed by atoms with Crippen molar-refractivity contribution in [2.24, 2.45) is 0 Å². The number of nitrogens with zero attached hydrogens (tertiary/aromatic N) is 3. The van der Waals surface area contributed by atoms with E-state index >= 15 is 0 Å². The van der Waals surface area contributed by atoms with Gasteiger partial charge in [-0.05, 0) is 61.5 Å². The molecule has 0 saturated heterocycles. The Labute approximate surface area is 204 Å². The van der Waals surface area contributed by atoms with Gasteiger partial charge in [0, 0.05) is 4.47 Å². The molecule has 3 heterocycles. The zero-order valence-corrected chi connectivity index (χ0v) is 20.4. The number of para-hydroxylation sites is 1. The molecule has 13 heteroatoms. The maximum Gasteiger partial charge on any atom is 0.433 e. The van der Waals surface area contributed by atoms with Crippen LogP contribution in [0.5, 0.6) is 0 Å². The summed E-state index contributed by atoms with van der Waals surface area (Å²) in [4.78, 5) is 29.7. The summed E-state index contributed by atoms with van der Waals surface area (Å²) in [6, 6.07) is 8.62. The second-order valence-electron chi connectivity index (χ2n) is 6.51. The van der Waals surface area contributed by atoms with E-state index in [4.69, 9.17) is 4.74 Å². The number of ether oxygens (including phenoxy) is 1. The number of hydrogen-bond acceptors (Lipinski definition) is 6. The van der Waals surface area contributed by atoms with E-state index in [9.17, 15) is 22.8 Å². The standard InChI is InChI=1S/C20H11Br2F3N4O3S/c1-32-19(31)9-4-2-3-5-11(9)27-18(30)15-14(22)17-26-12(16-10(21)6-7-33-16)8-13(20(23,24)25)29(17)28-15/h2-8H,1H3,(H,27,30). The Bertz CT molecular complexity index is 1400. The quantitative estimate of drug-likeness (QED) is 0.288. The average molecular weight is 604 g/mol. The summed E-state index contributed by atoms with van der Waals surface area (Å²) >= 11 is 7.69. The van der Waals surface area contributed by atoms with Crippen LogP contribution in [0.25, 0.3) is 16.2 Å². The van der Waals surface area contributed by atoms with Gasteiger partial charge in [-0.2, -0.15) is 18.3 Å². The first-order valence-electron chi connectivity index (χ1n) is 9.00. The lowest BCUT2D eigenvalue weighted by atomic mass is 10.1. The summed E-state index contributed by atoms with van der Waals surface area (Å²) < 4.78 is 47.3. The number of benzene rings is 1. The summed E-state index contributed by atoms with van der Waals surface area (Å²) in [5.41, 5.74) is -1.36. The molecule has 3 aromatic heterocycles. The van der Waals surface area contributed by atoms with E-state index < -0.39 is 23.7 Å². The van der Waals surface area contributed by atoms with Gasteiger partial charge >= 0.3 is 12.1 Å². The fraction of sp³-hybridized carbons (Fsp3) is 0.100. The lowest BCUT2D eigenvalue weighted by molar-refractivity contribution is -0.142. The molecule has 0 radical (unpaired) electrons. The lowest BCUT2D eigenvalue weighted by Crippen LogP contribution is -2.17. The Morgan fingerprint density at radius 3 is 2.55 bits per heavy atom. The number of fused-ring (bicyclic) bond motifs is 1. The minimum Gasteiger partial charge on any atom is -0.465 e. The largest absolute Gasteiger partial charge is 0.465 e. The number of nitrogens with one attached hydrogen (secondary N) is 1. The van der Waals surface area contributed by atoms with Gasteiger partial charge in [-0.15, -0.1) is 11.3 Å². The molecule has 0 unspecified atom stereocenters. The van der Waals surface area contributed by atoms with Crippen molar-refractivity contribution in [2.75, 3.05) is 12.4 Å². The van der Waals surface area contributed by atoms with Crippen molar-refractivity contribution in [1.29, 1.82) is 0 Å². The summed E-state index contributed by atoms with van der Waals surface area (Å²) in [6.07, 6.45) is -4.77. The molecule has 0 saturated carbocycles. The van der Waals surface area contributed by atoms with Crippen LogP contribution in [0, 0.1) is 0 Å². The van der Waals surface area contributed by atoms with Gasteiger partial charge in [-0.25, -0.2) is 14.3 Å². The minimum atomic E-state index is -4.77. The third-order valence-electron chi connectivity index (χ3n) is 4.47. The number of halogens is 5. The predicted molar refractivity (Wildman–Crippen MR) is 122 cm³/mol. The highest BCUT2D eigenvalue weighted by atomic mass is 79.9. The van der Waals surface area contributed by atoms with Gasteiger partial charge in [0.05, 0.1) is 33.4 Å². The van der Waals surface area contributed by atoms with E-state index in [1.165, 1.54) is 30.6 Å². The molecule has 0 fully saturated rings. The van der Waals surface area contributed by atoms with Crippen molar-refractivity contribution >= 4 is 66.4 Å². The van der Waals surface area contributed by atoms with E-state index in [0.717, 1.165) is 6.07 Å². The Morgan fingerprint density at radius 1 is 1.18 bits per heavy atom. The Balaban J connectivity index is 1.84. The highest BCUT2D eigenvalue weighted by Gasteiger charge is 2.37. The van der Waals surface area contributed by atoms with E-state index in [1.807, 2.05) is 0 Å². The molecule has 33 heavy (non-hydrogen) atoms. The predicted octanol–water partition coefficient (Wildman–Crippen LogP) is 6.04. The van der Waals surface area contributed by atoms with Gasteiger partial charge in [0.15, 0.2) is 17.0 Å². The molecule has 4 rings (SSSR count). The van der Waals surface area contributed by atoms with Gasteiger partial charge in [0.25, 0.3) is 5.91 Å². The van der Waals surface area contributed by atoms with Crippen molar-refractivity contribution in [2.45, 2.75) is 6.18 Å². The van der Waals surface area contributed by atoms with Crippen molar-refractivity contribution in [3.63, 3.8) is 0 Å². The number of methoxy groups -OCH3 is 1. The second kappa shape index (κ2) is 8.88. The first-order valence-corrected chi connectivity index (χ1v) is 11.5. The highest BCUT2D eigenvalue weighted by molar-refractivity contribution is 9.11. The molecule has 0 bridgehead atoms. The van der Waals surface area contributed by atoms with Crippen LogP contribution in [0.3, 0.4) is 0 Å². The number of rotatable bonds is 4. The van der Waals surface area contributed by atoms with Gasteiger partial charge in [0.1, 0.15) is 0 Å². The fourth-order valence-electron chi connectivity index (χ4n) is 2.99. The molecule has 0 aliphatic rings. The minimum absolute atomic E-state index is 0.0319. The Hall–Kier alpha value is -2.77. The van der Waals surface area contributed by atoms with Crippen LogP contribution in [-0.2, 0) is 10.9 Å². The number of aromatic nitrogens is 3. The third-order valence-corrected chi connectivity index (χ3v) is 7.06. The maximum absolute atomic E-state index is 13.8. The summed E-state index contributed by atoms with van der Waals surface area (Å²) in [5, 5.41) is 8.07. The van der Waals surface area contributed by atoms with Gasteiger partial charge in [-0.3, -0.25) is 4.79 Å². The molecule has 7 nitrogen and oxygen atoms in total. The third kappa shape index (κ3) is 4.39. The molecule has 1 amide bonds. The van der Waals surface area contributed by atoms with Gasteiger partial charge in [0.2, 0.25) is 0 Å². The van der Waals surface area contributed by atoms with Crippen molar-refractivity contribution in [3.05, 3.63) is 67.7 Å². The average Bonchev–Trinajstić information content (AvgIpc) is 3.35. The van der Waals surface area contributed by atoms with Crippen LogP contribution in [-0.4, -0.2) is 33.6 Å². The summed E-state index contributed by atoms with van der Waals surface area (Å²) in [7, 11) is 1.19. The fourth-order valence-corrected chi connectivity index (χ4v) is 5.05. The number of thiophene rings is 1. The zero-order valence-electron chi connectivity index (χ0n) is 16.4. The topological polar surface area (TPSA) is 85.6 Å². The van der Waals surface area contributed by atoms with Crippen LogP contribution in [0.2, 0.25) is 0 Å². The van der Waals surface area contributed by atoms with E-state index in [1.54, 1.807) is 23.6 Å². The smallest absolute Gasteiger partial charge is 0.433 e. The van der Waals surface area contributed by atoms with Crippen LogP contribution < -0.4 is 5.32 Å². The molecule has 1 N–H and O–H groups in total. The maximum atomic E-state index is 13.8. The molecular weight excluding hydrogens is 593 g/mol. The van der Waals surface area contributed by atoms with Crippen molar-refractivity contribution in [3.8, 4) is 10.6 Å². The highest BCUT2D eigenvalue weighted by Crippen LogP contribution is 2.38. The number of carbonyl (C=O) groups is 2.